The zero-order valence-corrected chi connectivity index (χ0v) is 12.2. The zero-order chi connectivity index (χ0) is 15.1. The average molecular weight is 287 g/mol. The van der Waals surface area contributed by atoms with Gasteiger partial charge in [0, 0.05) is 43.3 Å². The molecule has 0 aliphatic carbocycles. The number of rotatable bonds is 7. The maximum Gasteiger partial charge on any atom is 0.251 e. The minimum atomic E-state index is -0.171. The summed E-state index contributed by atoms with van der Waals surface area (Å²) < 4.78 is 2.13. The van der Waals surface area contributed by atoms with E-state index >= 15 is 0 Å². The van der Waals surface area contributed by atoms with Gasteiger partial charge < -0.3 is 20.3 Å². The number of carbonyl (C=O) groups excluding carboxylic acids is 1. The van der Waals surface area contributed by atoms with Crippen LogP contribution in [0.3, 0.4) is 0 Å². The van der Waals surface area contributed by atoms with Crippen molar-refractivity contribution in [1.82, 2.24) is 9.88 Å². The minimum absolute atomic E-state index is 0.0528. The molecule has 112 valence electrons. The Hall–Kier alpha value is -2.27. The molecule has 2 rings (SSSR count). The molecular formula is C16H21N3O2. The van der Waals surface area contributed by atoms with Gasteiger partial charge in [-0.15, -0.1) is 0 Å². The van der Waals surface area contributed by atoms with E-state index in [1.165, 1.54) is 5.56 Å². The van der Waals surface area contributed by atoms with Crippen LogP contribution in [-0.2, 0) is 13.1 Å². The summed E-state index contributed by atoms with van der Waals surface area (Å²) in [5.41, 5.74) is 2.78. The summed E-state index contributed by atoms with van der Waals surface area (Å²) in [6.45, 7) is 4.05. The van der Waals surface area contributed by atoms with Crippen LogP contribution in [-0.4, -0.2) is 28.7 Å². The number of aliphatic hydroxyl groups excluding tert-OH is 1. The lowest BCUT2D eigenvalue weighted by molar-refractivity contribution is 0.0945. The van der Waals surface area contributed by atoms with Gasteiger partial charge in [-0.1, -0.05) is 0 Å². The van der Waals surface area contributed by atoms with Gasteiger partial charge in [-0.25, -0.2) is 0 Å². The highest BCUT2D eigenvalue weighted by Gasteiger charge is 2.04. The number of benzene rings is 1. The normalized spacial score (nSPS) is 10.4. The number of aryl methyl sites for hydroxylation is 1. The molecule has 0 radical (unpaired) electrons. The standard InChI is InChI=1S/C16H21N3O2/c1-2-19-9-7-13(12-19)11-18-15-5-3-14(4-6-15)16(21)17-8-10-20/h3-7,9,12,18,20H,2,8,10-11H2,1H3,(H,17,21). The lowest BCUT2D eigenvalue weighted by Gasteiger charge is -2.07. The Balaban J connectivity index is 1.88. The zero-order valence-electron chi connectivity index (χ0n) is 12.2. The van der Waals surface area contributed by atoms with Gasteiger partial charge in [0.2, 0.25) is 0 Å². The molecule has 0 spiro atoms. The molecule has 0 unspecified atom stereocenters. The molecule has 1 aromatic carbocycles. The molecule has 5 nitrogen and oxygen atoms in total. The number of hydrogen-bond acceptors (Lipinski definition) is 3. The Labute approximate surface area is 124 Å². The van der Waals surface area contributed by atoms with E-state index in [0.717, 1.165) is 18.8 Å². The van der Waals surface area contributed by atoms with Crippen molar-refractivity contribution < 1.29 is 9.90 Å². The van der Waals surface area contributed by atoms with Gasteiger partial charge in [-0.2, -0.15) is 0 Å². The minimum Gasteiger partial charge on any atom is -0.395 e. The van der Waals surface area contributed by atoms with Crippen molar-refractivity contribution in [2.24, 2.45) is 0 Å². The number of nitrogens with one attached hydrogen (secondary N) is 2. The van der Waals surface area contributed by atoms with Gasteiger partial charge in [-0.3, -0.25) is 4.79 Å². The lowest BCUT2D eigenvalue weighted by Crippen LogP contribution is -2.26. The van der Waals surface area contributed by atoms with Gasteiger partial charge in [0.05, 0.1) is 6.61 Å². The highest BCUT2D eigenvalue weighted by molar-refractivity contribution is 5.94. The van der Waals surface area contributed by atoms with Crippen LogP contribution in [0.4, 0.5) is 5.69 Å². The second-order valence-corrected chi connectivity index (χ2v) is 4.76. The van der Waals surface area contributed by atoms with Crippen LogP contribution in [0.5, 0.6) is 0 Å². The molecule has 2 aromatic rings. The van der Waals surface area contributed by atoms with Crippen LogP contribution in [0.2, 0.25) is 0 Å². The van der Waals surface area contributed by atoms with Gasteiger partial charge in [0.15, 0.2) is 0 Å². The van der Waals surface area contributed by atoms with Crippen molar-refractivity contribution in [3.05, 3.63) is 53.9 Å². The molecule has 1 amide bonds. The Bertz CT molecular complexity index is 575. The van der Waals surface area contributed by atoms with Crippen LogP contribution in [0.15, 0.2) is 42.7 Å². The van der Waals surface area contributed by atoms with Crippen molar-refractivity contribution >= 4 is 11.6 Å². The predicted molar refractivity (Wildman–Crippen MR) is 83.3 cm³/mol. The molecule has 0 atom stereocenters. The number of aliphatic hydroxyl groups is 1. The van der Waals surface area contributed by atoms with E-state index in [1.807, 2.05) is 12.1 Å². The fourth-order valence-electron chi connectivity index (χ4n) is 2.01. The molecule has 0 aliphatic rings. The fraction of sp³-hybridized carbons (Fsp3) is 0.312. The third-order valence-electron chi connectivity index (χ3n) is 3.22. The summed E-state index contributed by atoms with van der Waals surface area (Å²) in [6, 6.07) is 9.39. The van der Waals surface area contributed by atoms with E-state index in [-0.39, 0.29) is 19.1 Å². The molecule has 0 bridgehead atoms. The van der Waals surface area contributed by atoms with E-state index < -0.39 is 0 Å². The smallest absolute Gasteiger partial charge is 0.251 e. The topological polar surface area (TPSA) is 66.3 Å². The summed E-state index contributed by atoms with van der Waals surface area (Å²) in [5.74, 6) is -0.171. The molecule has 3 N–H and O–H groups in total. The second-order valence-electron chi connectivity index (χ2n) is 4.76. The van der Waals surface area contributed by atoms with Gasteiger partial charge >= 0.3 is 0 Å². The van der Waals surface area contributed by atoms with Gasteiger partial charge in [0.1, 0.15) is 0 Å². The largest absolute Gasteiger partial charge is 0.395 e. The van der Waals surface area contributed by atoms with Crippen molar-refractivity contribution in [3.8, 4) is 0 Å². The highest BCUT2D eigenvalue weighted by Crippen LogP contribution is 2.11. The Morgan fingerprint density at radius 3 is 2.62 bits per heavy atom. The second kappa shape index (κ2) is 7.50. The lowest BCUT2D eigenvalue weighted by atomic mass is 10.2. The number of nitrogens with zero attached hydrogens (tertiary/aromatic N) is 1. The molecule has 1 aromatic heterocycles. The first-order valence-electron chi connectivity index (χ1n) is 7.10. The van der Waals surface area contributed by atoms with Crippen LogP contribution < -0.4 is 10.6 Å². The molecule has 0 saturated carbocycles. The number of anilines is 1. The summed E-state index contributed by atoms with van der Waals surface area (Å²) >= 11 is 0. The van der Waals surface area contributed by atoms with Crippen LogP contribution >= 0.6 is 0 Å². The fourth-order valence-corrected chi connectivity index (χ4v) is 2.01. The summed E-state index contributed by atoms with van der Waals surface area (Å²) in [5, 5.41) is 14.6. The number of amides is 1. The summed E-state index contributed by atoms with van der Waals surface area (Å²) in [6.07, 6.45) is 4.18. The Morgan fingerprint density at radius 2 is 2.00 bits per heavy atom. The Kier molecular flexibility index (Phi) is 5.40. The number of aromatic nitrogens is 1. The van der Waals surface area contributed by atoms with Crippen molar-refractivity contribution in [3.63, 3.8) is 0 Å². The maximum atomic E-state index is 11.7. The molecule has 21 heavy (non-hydrogen) atoms. The van der Waals surface area contributed by atoms with E-state index in [0.29, 0.717) is 5.56 Å². The summed E-state index contributed by atoms with van der Waals surface area (Å²) in [4.78, 5) is 11.7. The van der Waals surface area contributed by atoms with E-state index in [2.05, 4.69) is 40.6 Å². The summed E-state index contributed by atoms with van der Waals surface area (Å²) in [7, 11) is 0. The van der Waals surface area contributed by atoms with Crippen LogP contribution in [0, 0.1) is 0 Å². The molecular weight excluding hydrogens is 266 g/mol. The quantitative estimate of drug-likeness (QED) is 0.728. The maximum absolute atomic E-state index is 11.7. The van der Waals surface area contributed by atoms with E-state index in [4.69, 9.17) is 5.11 Å². The molecule has 0 fully saturated rings. The van der Waals surface area contributed by atoms with Crippen molar-refractivity contribution in [2.75, 3.05) is 18.5 Å². The van der Waals surface area contributed by atoms with Crippen LogP contribution in [0.1, 0.15) is 22.8 Å². The van der Waals surface area contributed by atoms with Crippen LogP contribution in [0.25, 0.3) is 0 Å². The highest BCUT2D eigenvalue weighted by atomic mass is 16.3. The number of hydrogen-bond donors (Lipinski definition) is 3. The van der Waals surface area contributed by atoms with Gasteiger partial charge in [-0.05, 0) is 42.8 Å². The number of carbonyl (C=O) groups is 1. The van der Waals surface area contributed by atoms with E-state index in [9.17, 15) is 4.79 Å². The first kappa shape index (κ1) is 15.1. The predicted octanol–water partition coefficient (Wildman–Crippen LogP) is 1.84. The molecule has 1 heterocycles. The van der Waals surface area contributed by atoms with Crippen molar-refractivity contribution in [1.29, 1.82) is 0 Å². The molecule has 0 aliphatic heterocycles. The third-order valence-corrected chi connectivity index (χ3v) is 3.22. The molecule has 0 saturated heterocycles. The third kappa shape index (κ3) is 4.36. The first-order chi connectivity index (χ1) is 10.2. The first-order valence-corrected chi connectivity index (χ1v) is 7.10. The monoisotopic (exact) mass is 287 g/mol. The molecule has 5 heteroatoms. The Morgan fingerprint density at radius 1 is 1.24 bits per heavy atom. The van der Waals surface area contributed by atoms with E-state index in [1.54, 1.807) is 12.1 Å². The van der Waals surface area contributed by atoms with Gasteiger partial charge in [0.25, 0.3) is 5.91 Å². The van der Waals surface area contributed by atoms with Crippen molar-refractivity contribution in [2.45, 2.75) is 20.0 Å². The SMILES string of the molecule is CCn1ccc(CNc2ccc(C(=O)NCCO)cc2)c1. The average Bonchev–Trinajstić information content (AvgIpc) is 2.99.